The van der Waals surface area contributed by atoms with E-state index in [9.17, 15) is 4.79 Å². The molecule has 1 saturated carbocycles. The van der Waals surface area contributed by atoms with Crippen molar-refractivity contribution in [1.29, 1.82) is 0 Å². The molecule has 0 aromatic carbocycles. The van der Waals surface area contributed by atoms with Crippen LogP contribution in [0.1, 0.15) is 51.9 Å². The van der Waals surface area contributed by atoms with E-state index < -0.39 is 13.7 Å². The van der Waals surface area contributed by atoms with Crippen molar-refractivity contribution in [2.75, 3.05) is 7.11 Å². The van der Waals surface area contributed by atoms with Crippen LogP contribution in [0.3, 0.4) is 0 Å². The van der Waals surface area contributed by atoms with E-state index in [0.29, 0.717) is 0 Å². The maximum absolute atomic E-state index is 13.0. The zero-order chi connectivity index (χ0) is 18.3. The van der Waals surface area contributed by atoms with Crippen LogP contribution < -0.4 is 0 Å². The summed E-state index contributed by atoms with van der Waals surface area (Å²) in [5.41, 5.74) is -0.745. The van der Waals surface area contributed by atoms with Gasteiger partial charge in [0.25, 0.3) is 0 Å². The lowest BCUT2D eigenvalue weighted by atomic mass is 9.61. The molecule has 1 saturated heterocycles. The highest BCUT2D eigenvalue weighted by molar-refractivity contribution is 6.69. The molecule has 0 radical (unpaired) electrons. The van der Waals surface area contributed by atoms with Crippen molar-refractivity contribution in [2.45, 2.75) is 89.3 Å². The van der Waals surface area contributed by atoms with Crippen molar-refractivity contribution in [3.8, 4) is 0 Å². The van der Waals surface area contributed by atoms with E-state index in [0.717, 1.165) is 38.5 Å². The Morgan fingerprint density at radius 1 is 1.24 bits per heavy atom. The molecular formula is C20H34O4Si. The minimum atomic E-state index is -1.70. The minimum Gasteiger partial charge on any atom is -0.469 e. The maximum atomic E-state index is 13.0. The second-order valence-corrected chi connectivity index (χ2v) is 13.7. The average molecular weight is 367 g/mol. The quantitative estimate of drug-likeness (QED) is 0.420. The highest BCUT2D eigenvalue weighted by Gasteiger charge is 2.62. The maximum Gasteiger partial charge on any atom is 0.314 e. The van der Waals surface area contributed by atoms with E-state index in [2.05, 4.69) is 38.7 Å². The molecule has 4 nitrogen and oxygen atoms in total. The molecule has 3 rings (SSSR count). The van der Waals surface area contributed by atoms with Gasteiger partial charge in [-0.2, -0.15) is 0 Å². The van der Waals surface area contributed by atoms with Gasteiger partial charge >= 0.3 is 5.97 Å². The molecule has 2 heterocycles. The number of hydrogen-bond donors (Lipinski definition) is 0. The molecule has 3 aliphatic rings. The average Bonchev–Trinajstić information content (AvgIpc) is 2.87. The third kappa shape index (κ3) is 3.60. The van der Waals surface area contributed by atoms with Gasteiger partial charge in [-0.25, -0.2) is 0 Å². The van der Waals surface area contributed by atoms with Crippen molar-refractivity contribution in [2.24, 2.45) is 11.3 Å². The molecule has 0 aromatic rings. The van der Waals surface area contributed by atoms with Gasteiger partial charge in [0.15, 0.2) is 8.32 Å². The molecule has 0 amide bonds. The van der Waals surface area contributed by atoms with Crippen LogP contribution in [-0.2, 0) is 18.7 Å². The van der Waals surface area contributed by atoms with E-state index in [1.807, 2.05) is 0 Å². The number of carbonyl (C=O) groups is 1. The summed E-state index contributed by atoms with van der Waals surface area (Å²) in [6.07, 6.45) is 11.3. The van der Waals surface area contributed by atoms with Gasteiger partial charge in [-0.3, -0.25) is 4.79 Å². The van der Waals surface area contributed by atoms with Gasteiger partial charge in [-0.15, -0.1) is 0 Å². The molecule has 0 spiro atoms. The van der Waals surface area contributed by atoms with Crippen LogP contribution in [-0.4, -0.2) is 39.2 Å². The molecule has 25 heavy (non-hydrogen) atoms. The van der Waals surface area contributed by atoms with Gasteiger partial charge in [0.1, 0.15) is 0 Å². The third-order valence-corrected chi connectivity index (χ3v) is 7.32. The third-order valence-electron chi connectivity index (χ3n) is 6.21. The number of methoxy groups -OCH3 is 1. The predicted molar refractivity (Wildman–Crippen MR) is 101 cm³/mol. The van der Waals surface area contributed by atoms with E-state index in [1.54, 1.807) is 0 Å². The zero-order valence-electron chi connectivity index (χ0n) is 16.5. The number of hydrogen-bond acceptors (Lipinski definition) is 4. The number of allylic oxidation sites excluding steroid dienone is 1. The van der Waals surface area contributed by atoms with Gasteiger partial charge in [0.2, 0.25) is 0 Å². The predicted octanol–water partition coefficient (Wildman–Crippen LogP) is 4.45. The second kappa shape index (κ2) is 6.82. The van der Waals surface area contributed by atoms with Crippen LogP contribution >= 0.6 is 0 Å². The van der Waals surface area contributed by atoms with Crippen LogP contribution in [0.2, 0.25) is 19.6 Å². The summed E-state index contributed by atoms with van der Waals surface area (Å²) in [5.74, 6) is 0.165. The first-order valence-electron chi connectivity index (χ1n) is 9.81. The first kappa shape index (κ1) is 19.1. The molecule has 2 bridgehead atoms. The molecular weight excluding hydrogens is 332 g/mol. The summed E-state index contributed by atoms with van der Waals surface area (Å²) in [7, 11) is -0.180. The van der Waals surface area contributed by atoms with E-state index in [-0.39, 0.29) is 29.7 Å². The Hall–Kier alpha value is -0.653. The van der Waals surface area contributed by atoms with E-state index in [4.69, 9.17) is 13.9 Å². The minimum absolute atomic E-state index is 0.0404. The summed E-state index contributed by atoms with van der Waals surface area (Å²) >= 11 is 0. The first-order chi connectivity index (χ1) is 11.7. The lowest BCUT2D eigenvalue weighted by molar-refractivity contribution is -0.163. The molecule has 0 unspecified atom stereocenters. The zero-order valence-corrected chi connectivity index (χ0v) is 17.5. The summed E-state index contributed by atoms with van der Waals surface area (Å²) in [5, 5.41) is 0. The summed E-state index contributed by atoms with van der Waals surface area (Å²) in [6.45, 7) is 8.92. The van der Waals surface area contributed by atoms with Crippen LogP contribution in [0, 0.1) is 11.3 Å². The smallest absolute Gasteiger partial charge is 0.314 e. The van der Waals surface area contributed by atoms with Gasteiger partial charge in [0, 0.05) is 12.3 Å². The fourth-order valence-electron chi connectivity index (χ4n) is 5.42. The van der Waals surface area contributed by atoms with Gasteiger partial charge in [-0.05, 0) is 52.2 Å². The van der Waals surface area contributed by atoms with Crippen LogP contribution in [0.5, 0.6) is 0 Å². The normalized spacial score (nSPS) is 42.7. The van der Waals surface area contributed by atoms with E-state index >= 15 is 0 Å². The standard InChI is InChI=1S/C20H34O4Si/c1-19(24-25(3,4)5)12-8-7-11-16-15-10-6-9-13-20(15,18(21)22-2)17(14-19)23-16/h7,11,15-17H,6,8-10,12-14H2,1-5H3/b11-7-/t15-,16+,17-,19-,20+/m0/s1. The van der Waals surface area contributed by atoms with Crippen molar-refractivity contribution in [3.63, 3.8) is 0 Å². The van der Waals surface area contributed by atoms with E-state index in [1.165, 1.54) is 13.5 Å². The number of esters is 1. The summed E-state index contributed by atoms with van der Waals surface area (Å²) in [6, 6.07) is 0. The lowest BCUT2D eigenvalue weighted by Gasteiger charge is -2.44. The Morgan fingerprint density at radius 2 is 2.00 bits per heavy atom. The number of fused-ring (bicyclic) bond motifs is 5. The van der Waals surface area contributed by atoms with Crippen molar-refractivity contribution >= 4 is 14.3 Å². The molecule has 1 aliphatic carbocycles. The largest absolute Gasteiger partial charge is 0.469 e. The lowest BCUT2D eigenvalue weighted by Crippen LogP contribution is -2.51. The molecule has 5 atom stereocenters. The molecule has 0 N–H and O–H groups in total. The van der Waals surface area contributed by atoms with Crippen LogP contribution in [0.15, 0.2) is 12.2 Å². The Labute approximate surface area is 153 Å². The number of ether oxygens (including phenoxy) is 2. The topological polar surface area (TPSA) is 44.8 Å². The second-order valence-electron chi connectivity index (χ2n) is 9.31. The monoisotopic (exact) mass is 366 g/mol. The van der Waals surface area contributed by atoms with Crippen LogP contribution in [0.25, 0.3) is 0 Å². The van der Waals surface area contributed by atoms with Crippen molar-refractivity contribution < 1.29 is 18.7 Å². The molecule has 142 valence electrons. The Bertz CT molecular complexity index is 540. The highest BCUT2D eigenvalue weighted by Crippen LogP contribution is 2.56. The van der Waals surface area contributed by atoms with Crippen molar-refractivity contribution in [1.82, 2.24) is 0 Å². The Morgan fingerprint density at radius 3 is 2.68 bits per heavy atom. The van der Waals surface area contributed by atoms with Crippen LogP contribution in [0.4, 0.5) is 0 Å². The molecule has 5 heteroatoms. The Balaban J connectivity index is 1.98. The fraction of sp³-hybridized carbons (Fsp3) is 0.850. The molecule has 0 aromatic heterocycles. The first-order valence-corrected chi connectivity index (χ1v) is 13.2. The molecule has 2 aliphatic heterocycles. The summed E-state index contributed by atoms with van der Waals surface area (Å²) in [4.78, 5) is 13.0. The Kier molecular flexibility index (Phi) is 5.22. The number of rotatable bonds is 3. The fourth-order valence-corrected chi connectivity index (χ4v) is 7.08. The van der Waals surface area contributed by atoms with Crippen molar-refractivity contribution in [3.05, 3.63) is 12.2 Å². The molecule has 2 fully saturated rings. The summed E-state index contributed by atoms with van der Waals surface area (Å²) < 4.78 is 18.4. The number of carbonyl (C=O) groups excluding carboxylic acids is 1. The van der Waals surface area contributed by atoms with Gasteiger partial charge in [0.05, 0.1) is 30.3 Å². The highest BCUT2D eigenvalue weighted by atomic mass is 28.4. The SMILES string of the molecule is COC(=O)[C@]12CCCC[C@H]1[C@H]1/C=C\CC[C@](C)(O[Si](C)(C)C)C[C@@H]2O1. The van der Waals surface area contributed by atoms with Gasteiger partial charge in [-0.1, -0.05) is 25.0 Å². The van der Waals surface area contributed by atoms with Gasteiger partial charge < -0.3 is 13.9 Å².